The number of amidine groups is 1. The highest BCUT2D eigenvalue weighted by Gasteiger charge is 2.48. The Hall–Kier alpha value is -2.38. The highest BCUT2D eigenvalue weighted by atomic mass is 19.4. The van der Waals surface area contributed by atoms with Crippen LogP contribution in [0.2, 0.25) is 0 Å². The van der Waals surface area contributed by atoms with Crippen LogP contribution in [0.1, 0.15) is 17.5 Å². The van der Waals surface area contributed by atoms with Crippen molar-refractivity contribution in [3.05, 3.63) is 59.0 Å². The SMILES string of the molecule is FC(F)OC1=CC(C(F)(F)F)=CN2C[C@@]3(CCc4ccccc43)N=C12. The van der Waals surface area contributed by atoms with Gasteiger partial charge in [0.05, 0.1) is 12.1 Å². The van der Waals surface area contributed by atoms with Crippen molar-refractivity contribution in [2.24, 2.45) is 4.99 Å². The van der Waals surface area contributed by atoms with Gasteiger partial charge in [0.1, 0.15) is 5.54 Å². The van der Waals surface area contributed by atoms with E-state index in [0.717, 1.165) is 23.7 Å². The number of allylic oxidation sites excluding steroid dienone is 2. The van der Waals surface area contributed by atoms with Crippen LogP contribution in [0.5, 0.6) is 0 Å². The highest BCUT2D eigenvalue weighted by molar-refractivity contribution is 6.00. The molecule has 0 saturated carbocycles. The molecular weight excluding hydrogens is 343 g/mol. The van der Waals surface area contributed by atoms with Gasteiger partial charge in [-0.25, -0.2) is 0 Å². The van der Waals surface area contributed by atoms with E-state index in [0.29, 0.717) is 12.5 Å². The molecule has 0 unspecified atom stereocenters. The first-order chi connectivity index (χ1) is 11.8. The summed E-state index contributed by atoms with van der Waals surface area (Å²) < 4.78 is 69.0. The maximum atomic E-state index is 13.1. The largest absolute Gasteiger partial charge is 0.431 e. The number of ether oxygens (including phenoxy) is 1. The number of benzene rings is 1. The standard InChI is InChI=1S/C17H13F5N2O/c18-15(19)25-13-7-11(17(20,21)22)8-24-9-16(23-14(13)24)6-5-10-3-1-2-4-12(10)16/h1-4,7-8,15H,5-6,9H2/t16-/m1/s1. The van der Waals surface area contributed by atoms with E-state index in [1.807, 2.05) is 24.3 Å². The summed E-state index contributed by atoms with van der Waals surface area (Å²) in [5.74, 6) is -0.531. The van der Waals surface area contributed by atoms with Gasteiger partial charge in [-0.3, -0.25) is 4.99 Å². The summed E-state index contributed by atoms with van der Waals surface area (Å²) in [5.41, 5.74) is 0.237. The molecule has 0 N–H and O–H groups in total. The Labute approximate surface area is 140 Å². The molecule has 3 aliphatic rings. The molecule has 0 fully saturated rings. The molecule has 8 heteroatoms. The van der Waals surface area contributed by atoms with Crippen molar-refractivity contribution in [2.75, 3.05) is 6.54 Å². The fraction of sp³-hybridized carbons (Fsp3) is 0.353. The number of aryl methyl sites for hydroxylation is 1. The van der Waals surface area contributed by atoms with Gasteiger partial charge in [-0.15, -0.1) is 0 Å². The second kappa shape index (κ2) is 5.31. The van der Waals surface area contributed by atoms with E-state index in [4.69, 9.17) is 0 Å². The third kappa shape index (κ3) is 2.60. The summed E-state index contributed by atoms with van der Waals surface area (Å²) >= 11 is 0. The van der Waals surface area contributed by atoms with Gasteiger partial charge in [-0.2, -0.15) is 22.0 Å². The van der Waals surface area contributed by atoms with Crippen LogP contribution >= 0.6 is 0 Å². The summed E-state index contributed by atoms with van der Waals surface area (Å²) in [7, 11) is 0. The molecule has 1 aliphatic carbocycles. The summed E-state index contributed by atoms with van der Waals surface area (Å²) in [6.07, 6.45) is -1.81. The highest BCUT2D eigenvalue weighted by Crippen LogP contribution is 2.46. The average molecular weight is 356 g/mol. The number of halogens is 5. The number of alkyl halides is 5. The number of hydrogen-bond donors (Lipinski definition) is 0. The quantitative estimate of drug-likeness (QED) is 0.745. The summed E-state index contributed by atoms with van der Waals surface area (Å²) in [5, 5.41) is 0. The number of nitrogens with zero attached hydrogens (tertiary/aromatic N) is 2. The second-order valence-corrected chi connectivity index (χ2v) is 6.22. The zero-order valence-corrected chi connectivity index (χ0v) is 12.9. The molecule has 3 nitrogen and oxygen atoms in total. The van der Waals surface area contributed by atoms with Gasteiger partial charge in [-0.1, -0.05) is 24.3 Å². The Kier molecular flexibility index (Phi) is 3.42. The molecule has 0 saturated heterocycles. The van der Waals surface area contributed by atoms with Crippen LogP contribution in [0.3, 0.4) is 0 Å². The average Bonchev–Trinajstić information content (AvgIpc) is 3.08. The van der Waals surface area contributed by atoms with Crippen molar-refractivity contribution in [1.82, 2.24) is 4.90 Å². The fourth-order valence-electron chi connectivity index (χ4n) is 3.66. The van der Waals surface area contributed by atoms with Crippen molar-refractivity contribution in [1.29, 1.82) is 0 Å². The molecule has 2 heterocycles. The molecule has 2 aliphatic heterocycles. The minimum atomic E-state index is -4.66. The summed E-state index contributed by atoms with van der Waals surface area (Å²) in [6.45, 7) is -3.06. The lowest BCUT2D eigenvalue weighted by Crippen LogP contribution is -2.34. The van der Waals surface area contributed by atoms with Crippen LogP contribution in [0.15, 0.2) is 52.9 Å². The van der Waals surface area contributed by atoms with E-state index in [2.05, 4.69) is 9.73 Å². The topological polar surface area (TPSA) is 24.8 Å². The molecule has 25 heavy (non-hydrogen) atoms. The van der Waals surface area contributed by atoms with Crippen LogP contribution in [-0.2, 0) is 16.7 Å². The zero-order valence-electron chi connectivity index (χ0n) is 12.9. The van der Waals surface area contributed by atoms with E-state index in [1.165, 1.54) is 4.90 Å². The van der Waals surface area contributed by atoms with E-state index >= 15 is 0 Å². The third-order valence-electron chi connectivity index (χ3n) is 4.70. The first kappa shape index (κ1) is 16.1. The van der Waals surface area contributed by atoms with Gasteiger partial charge in [0, 0.05) is 6.20 Å². The fourth-order valence-corrected chi connectivity index (χ4v) is 3.66. The van der Waals surface area contributed by atoms with Crippen molar-refractivity contribution in [3.8, 4) is 0 Å². The Morgan fingerprint density at radius 3 is 2.68 bits per heavy atom. The molecule has 1 aromatic rings. The molecule has 4 rings (SSSR count). The van der Waals surface area contributed by atoms with E-state index in [-0.39, 0.29) is 12.4 Å². The molecule has 0 aromatic heterocycles. The Bertz CT molecular complexity index is 812. The van der Waals surface area contributed by atoms with Crippen LogP contribution in [-0.4, -0.2) is 30.1 Å². The molecular formula is C17H13F5N2O. The zero-order chi connectivity index (χ0) is 17.8. The van der Waals surface area contributed by atoms with Crippen molar-refractivity contribution in [2.45, 2.75) is 31.2 Å². The van der Waals surface area contributed by atoms with Gasteiger partial charge in [-0.05, 0) is 30.0 Å². The van der Waals surface area contributed by atoms with Gasteiger partial charge >= 0.3 is 12.8 Å². The molecule has 0 radical (unpaired) electrons. The minimum Gasteiger partial charge on any atom is -0.431 e. The molecule has 0 bridgehead atoms. The van der Waals surface area contributed by atoms with Gasteiger partial charge in [0.15, 0.2) is 11.6 Å². The van der Waals surface area contributed by atoms with Gasteiger partial charge in [0.25, 0.3) is 0 Å². The number of rotatable bonds is 2. The monoisotopic (exact) mass is 356 g/mol. The van der Waals surface area contributed by atoms with Crippen molar-refractivity contribution in [3.63, 3.8) is 0 Å². The smallest absolute Gasteiger partial charge is 0.417 e. The molecule has 0 amide bonds. The lowest BCUT2D eigenvalue weighted by atomic mass is 9.93. The van der Waals surface area contributed by atoms with Crippen LogP contribution in [0.25, 0.3) is 0 Å². The van der Waals surface area contributed by atoms with E-state index < -0.39 is 29.7 Å². The maximum absolute atomic E-state index is 13.1. The maximum Gasteiger partial charge on any atom is 0.417 e. The van der Waals surface area contributed by atoms with Crippen molar-refractivity contribution < 1.29 is 26.7 Å². The van der Waals surface area contributed by atoms with Gasteiger partial charge < -0.3 is 9.64 Å². The summed E-state index contributed by atoms with van der Waals surface area (Å²) in [6, 6.07) is 7.56. The van der Waals surface area contributed by atoms with Crippen LogP contribution in [0.4, 0.5) is 22.0 Å². The van der Waals surface area contributed by atoms with E-state index in [9.17, 15) is 22.0 Å². The number of fused-ring (bicyclic) bond motifs is 3. The first-order valence-electron chi connectivity index (χ1n) is 7.69. The minimum absolute atomic E-state index is 0.0185. The first-order valence-corrected chi connectivity index (χ1v) is 7.69. The Balaban J connectivity index is 1.78. The molecule has 1 aromatic carbocycles. The Morgan fingerprint density at radius 2 is 1.96 bits per heavy atom. The van der Waals surface area contributed by atoms with Crippen LogP contribution < -0.4 is 0 Å². The third-order valence-corrected chi connectivity index (χ3v) is 4.70. The molecule has 1 spiro atoms. The predicted octanol–water partition coefficient (Wildman–Crippen LogP) is 4.13. The second-order valence-electron chi connectivity index (χ2n) is 6.22. The molecule has 132 valence electrons. The predicted molar refractivity (Wildman–Crippen MR) is 79.9 cm³/mol. The number of aliphatic imine (C=N–C) groups is 1. The van der Waals surface area contributed by atoms with Crippen molar-refractivity contribution >= 4 is 5.84 Å². The molecule has 1 atom stereocenters. The van der Waals surface area contributed by atoms with Crippen LogP contribution in [0, 0.1) is 0 Å². The number of hydrogen-bond acceptors (Lipinski definition) is 3. The lowest BCUT2D eigenvalue weighted by molar-refractivity contribution is -0.0981. The summed E-state index contributed by atoms with van der Waals surface area (Å²) in [4.78, 5) is 5.80. The lowest BCUT2D eigenvalue weighted by Gasteiger charge is -2.26. The van der Waals surface area contributed by atoms with Gasteiger partial charge in [0.2, 0.25) is 0 Å². The van der Waals surface area contributed by atoms with E-state index in [1.54, 1.807) is 0 Å². The normalized spacial score (nSPS) is 24.9. The Morgan fingerprint density at radius 1 is 1.20 bits per heavy atom.